The summed E-state index contributed by atoms with van der Waals surface area (Å²) in [4.78, 5) is 26.2. The molecule has 1 heterocycles. The number of esters is 1. The number of ether oxygens (including phenoxy) is 1. The van der Waals surface area contributed by atoms with Gasteiger partial charge in [0.15, 0.2) is 0 Å². The number of carbonyl (C=O) groups is 2. The van der Waals surface area contributed by atoms with Gasteiger partial charge in [-0.05, 0) is 26.3 Å². The van der Waals surface area contributed by atoms with E-state index in [9.17, 15) is 9.59 Å². The zero-order valence-electron chi connectivity index (χ0n) is 12.9. The Morgan fingerprint density at radius 2 is 1.90 bits per heavy atom. The number of benzene rings is 1. The molecular formula is C17H21NO3. The molecule has 0 spiro atoms. The maximum Gasteiger partial charge on any atom is 0.303 e. The first-order valence-electron chi connectivity index (χ1n) is 7.35. The van der Waals surface area contributed by atoms with E-state index in [4.69, 9.17) is 4.74 Å². The molecule has 0 bridgehead atoms. The van der Waals surface area contributed by atoms with E-state index < -0.39 is 5.60 Å². The van der Waals surface area contributed by atoms with Crippen molar-refractivity contribution in [3.8, 4) is 0 Å². The van der Waals surface area contributed by atoms with Gasteiger partial charge in [0.05, 0.1) is 0 Å². The van der Waals surface area contributed by atoms with Gasteiger partial charge in [0.1, 0.15) is 0 Å². The second-order valence-corrected chi connectivity index (χ2v) is 6.97. The lowest BCUT2D eigenvalue weighted by molar-refractivity contribution is -0.161. The summed E-state index contributed by atoms with van der Waals surface area (Å²) in [6, 6.07) is 9.86. The molecule has 1 aromatic carbocycles. The Hall–Kier alpha value is -1.84. The molecule has 21 heavy (non-hydrogen) atoms. The molecule has 4 nitrogen and oxygen atoms in total. The first-order valence-corrected chi connectivity index (χ1v) is 7.35. The quantitative estimate of drug-likeness (QED) is 0.784. The molecule has 2 aliphatic rings. The van der Waals surface area contributed by atoms with Gasteiger partial charge in [-0.3, -0.25) is 9.59 Å². The van der Waals surface area contributed by atoms with Crippen LogP contribution in [-0.2, 0) is 14.3 Å². The lowest BCUT2D eigenvalue weighted by Crippen LogP contribution is -2.48. The second-order valence-electron chi connectivity index (χ2n) is 6.97. The zero-order valence-corrected chi connectivity index (χ0v) is 12.9. The fourth-order valence-corrected chi connectivity index (χ4v) is 3.60. The van der Waals surface area contributed by atoms with Crippen LogP contribution in [0.3, 0.4) is 0 Å². The predicted molar refractivity (Wildman–Crippen MR) is 78.6 cm³/mol. The second kappa shape index (κ2) is 4.33. The van der Waals surface area contributed by atoms with Crippen LogP contribution in [-0.4, -0.2) is 34.5 Å². The third-order valence-corrected chi connectivity index (χ3v) is 4.55. The van der Waals surface area contributed by atoms with Crippen LogP contribution < -0.4 is 0 Å². The Bertz CT molecular complexity index is 590. The number of hydrogen-bond donors (Lipinski definition) is 0. The molecule has 1 aromatic rings. The van der Waals surface area contributed by atoms with Crippen molar-refractivity contribution in [3.63, 3.8) is 0 Å². The molecule has 112 valence electrons. The van der Waals surface area contributed by atoms with Crippen molar-refractivity contribution in [2.24, 2.45) is 5.92 Å². The third-order valence-electron chi connectivity index (χ3n) is 4.55. The van der Waals surface area contributed by atoms with Gasteiger partial charge in [0.25, 0.3) is 5.91 Å². The van der Waals surface area contributed by atoms with E-state index in [0.717, 1.165) is 5.56 Å². The minimum Gasteiger partial charge on any atom is -0.448 e. The molecule has 0 unspecified atom stereocenters. The molecule has 1 saturated carbocycles. The fraction of sp³-hybridized carbons (Fsp3) is 0.529. The minimum absolute atomic E-state index is 0.00583. The van der Waals surface area contributed by atoms with E-state index in [0.29, 0.717) is 6.54 Å². The molecule has 1 aliphatic carbocycles. The average Bonchev–Trinajstić information content (AvgIpc) is 2.92. The zero-order chi connectivity index (χ0) is 15.4. The fourth-order valence-electron chi connectivity index (χ4n) is 3.60. The molecule has 1 saturated heterocycles. The lowest BCUT2D eigenvalue weighted by atomic mass is 10.0. The number of likely N-dealkylation sites (tertiary alicyclic amines) is 1. The van der Waals surface area contributed by atoms with Gasteiger partial charge < -0.3 is 9.64 Å². The number of nitrogens with zero attached hydrogens (tertiary/aromatic N) is 1. The van der Waals surface area contributed by atoms with Crippen LogP contribution in [0.4, 0.5) is 0 Å². The van der Waals surface area contributed by atoms with Crippen LogP contribution in [0.25, 0.3) is 0 Å². The highest BCUT2D eigenvalue weighted by Crippen LogP contribution is 2.65. The summed E-state index contributed by atoms with van der Waals surface area (Å²) in [5, 5.41) is 0. The minimum atomic E-state index is -0.972. The lowest BCUT2D eigenvalue weighted by Gasteiger charge is -2.35. The summed E-state index contributed by atoms with van der Waals surface area (Å²) in [7, 11) is 0. The highest BCUT2D eigenvalue weighted by molar-refractivity contribution is 5.96. The number of hydrogen-bond acceptors (Lipinski definition) is 3. The molecule has 3 rings (SSSR count). The summed E-state index contributed by atoms with van der Waals surface area (Å²) >= 11 is 0. The first-order chi connectivity index (χ1) is 9.78. The Labute approximate surface area is 125 Å². The highest BCUT2D eigenvalue weighted by atomic mass is 16.6. The molecule has 4 heteroatoms. The van der Waals surface area contributed by atoms with Gasteiger partial charge in [-0.1, -0.05) is 30.3 Å². The summed E-state index contributed by atoms with van der Waals surface area (Å²) < 4.78 is 5.55. The maximum absolute atomic E-state index is 12.9. The Kier molecular flexibility index (Phi) is 2.91. The molecule has 0 N–H and O–H groups in total. The summed E-state index contributed by atoms with van der Waals surface area (Å²) in [5.41, 5.74) is -0.148. The van der Waals surface area contributed by atoms with Crippen LogP contribution in [0.2, 0.25) is 0 Å². The number of carbonyl (C=O) groups excluding carboxylic acids is 2. The summed E-state index contributed by atoms with van der Waals surface area (Å²) in [6.07, 6.45) is 0. The van der Waals surface area contributed by atoms with E-state index in [1.807, 2.05) is 56.0 Å². The van der Waals surface area contributed by atoms with Crippen LogP contribution in [0, 0.1) is 5.92 Å². The van der Waals surface area contributed by atoms with Crippen molar-refractivity contribution >= 4 is 11.9 Å². The van der Waals surface area contributed by atoms with E-state index >= 15 is 0 Å². The van der Waals surface area contributed by atoms with E-state index in [-0.39, 0.29) is 29.3 Å². The van der Waals surface area contributed by atoms with E-state index in [1.165, 1.54) is 6.92 Å². The summed E-state index contributed by atoms with van der Waals surface area (Å²) in [6.45, 7) is 8.05. The van der Waals surface area contributed by atoms with Gasteiger partial charge in [-0.2, -0.15) is 0 Å². The topological polar surface area (TPSA) is 46.6 Å². The molecule has 0 aromatic heterocycles. The molecule has 1 aliphatic heterocycles. The first kappa shape index (κ1) is 14.1. The molecule has 2 fully saturated rings. The van der Waals surface area contributed by atoms with Gasteiger partial charge in [-0.15, -0.1) is 0 Å². The molecule has 3 atom stereocenters. The molecular weight excluding hydrogens is 266 g/mol. The average molecular weight is 287 g/mol. The highest BCUT2D eigenvalue weighted by Gasteiger charge is 2.79. The number of amides is 1. The van der Waals surface area contributed by atoms with Crippen molar-refractivity contribution < 1.29 is 14.3 Å². The number of rotatable bonds is 2. The van der Waals surface area contributed by atoms with Crippen LogP contribution in [0.15, 0.2) is 30.3 Å². The van der Waals surface area contributed by atoms with Gasteiger partial charge in [0.2, 0.25) is 5.60 Å². The van der Waals surface area contributed by atoms with Crippen molar-refractivity contribution in [3.05, 3.63) is 35.9 Å². The van der Waals surface area contributed by atoms with Crippen molar-refractivity contribution in [1.82, 2.24) is 4.90 Å². The number of piperidine rings is 1. The molecule has 1 amide bonds. The van der Waals surface area contributed by atoms with Crippen LogP contribution in [0.5, 0.6) is 0 Å². The Morgan fingerprint density at radius 3 is 2.43 bits per heavy atom. The SMILES string of the molecule is CC(=O)O[C@]12C(=O)N(C(C)(C)C)C[C@H]1[C@H]2c1ccccc1. The molecule has 0 radical (unpaired) electrons. The maximum atomic E-state index is 12.9. The van der Waals surface area contributed by atoms with Gasteiger partial charge in [0, 0.05) is 30.8 Å². The number of fused-ring (bicyclic) bond motifs is 1. The smallest absolute Gasteiger partial charge is 0.303 e. The van der Waals surface area contributed by atoms with Gasteiger partial charge in [-0.25, -0.2) is 0 Å². The van der Waals surface area contributed by atoms with Crippen molar-refractivity contribution in [1.29, 1.82) is 0 Å². The largest absolute Gasteiger partial charge is 0.448 e. The van der Waals surface area contributed by atoms with Crippen LogP contribution in [0.1, 0.15) is 39.2 Å². The Morgan fingerprint density at radius 1 is 1.29 bits per heavy atom. The van der Waals surface area contributed by atoms with Crippen molar-refractivity contribution in [2.45, 2.75) is 44.8 Å². The Balaban J connectivity index is 1.96. The monoisotopic (exact) mass is 287 g/mol. The van der Waals surface area contributed by atoms with Crippen molar-refractivity contribution in [2.75, 3.05) is 6.54 Å². The van der Waals surface area contributed by atoms with E-state index in [1.54, 1.807) is 0 Å². The summed E-state index contributed by atoms with van der Waals surface area (Å²) in [5.74, 6) is -0.379. The van der Waals surface area contributed by atoms with Gasteiger partial charge >= 0.3 is 5.97 Å². The normalized spacial score (nSPS) is 31.0. The standard InChI is InChI=1S/C17H21NO3/c1-11(19)21-17-13(10-18(15(17)20)16(2,3)4)14(17)12-8-6-5-7-9-12/h5-9,13-14H,10H2,1-4H3/t13-,14+,17+/m0/s1. The third kappa shape index (κ3) is 1.96. The predicted octanol–water partition coefficient (Wildman–Crippen LogP) is 2.34. The van der Waals surface area contributed by atoms with Crippen LogP contribution >= 0.6 is 0 Å². The van der Waals surface area contributed by atoms with E-state index in [2.05, 4.69) is 0 Å².